The Morgan fingerprint density at radius 2 is 1.79 bits per heavy atom. The van der Waals surface area contributed by atoms with Gasteiger partial charge < -0.3 is 14.8 Å². The molecule has 3 rings (SSSR count). The number of rotatable bonds is 6. The second-order valence-corrected chi connectivity index (χ2v) is 5.94. The first-order valence-electron chi connectivity index (χ1n) is 8.35. The number of ether oxygens (including phenoxy) is 2. The summed E-state index contributed by atoms with van der Waals surface area (Å²) in [6.45, 7) is -0.160. The van der Waals surface area contributed by atoms with E-state index in [0.29, 0.717) is 11.3 Å². The van der Waals surface area contributed by atoms with Crippen LogP contribution in [0.25, 0.3) is 6.08 Å². The average molecular weight is 384 g/mol. The molecule has 0 aromatic heterocycles. The summed E-state index contributed by atoms with van der Waals surface area (Å²) in [5.41, 5.74) is 1.56. The number of hydrogen-bond acceptors (Lipinski definition) is 5. The van der Waals surface area contributed by atoms with Crippen molar-refractivity contribution < 1.29 is 28.2 Å². The highest BCUT2D eigenvalue weighted by Crippen LogP contribution is 2.18. The van der Waals surface area contributed by atoms with Crippen molar-refractivity contribution in [2.75, 3.05) is 13.7 Å². The van der Waals surface area contributed by atoms with E-state index >= 15 is 0 Å². The van der Waals surface area contributed by atoms with Crippen molar-refractivity contribution in [1.29, 1.82) is 0 Å². The number of amides is 3. The summed E-state index contributed by atoms with van der Waals surface area (Å²) in [5.74, 6) is -1.00. The van der Waals surface area contributed by atoms with Crippen molar-refractivity contribution in [2.45, 2.75) is 6.61 Å². The van der Waals surface area contributed by atoms with Gasteiger partial charge in [0.25, 0.3) is 5.91 Å². The first-order valence-corrected chi connectivity index (χ1v) is 8.35. The van der Waals surface area contributed by atoms with Crippen LogP contribution in [-0.2, 0) is 20.9 Å². The highest BCUT2D eigenvalue weighted by molar-refractivity contribution is 6.15. The number of carbonyl (C=O) groups is 3. The lowest BCUT2D eigenvalue weighted by Gasteiger charge is -2.09. The van der Waals surface area contributed by atoms with Crippen LogP contribution in [0.3, 0.4) is 0 Å². The quantitative estimate of drug-likeness (QED) is 0.470. The first-order chi connectivity index (χ1) is 13.5. The van der Waals surface area contributed by atoms with E-state index in [9.17, 15) is 18.8 Å². The minimum atomic E-state index is -0.688. The Hall–Kier alpha value is -3.68. The van der Waals surface area contributed by atoms with Crippen molar-refractivity contribution in [3.63, 3.8) is 0 Å². The number of halogens is 1. The molecule has 1 aliphatic rings. The van der Waals surface area contributed by atoms with E-state index in [0.717, 1.165) is 10.5 Å². The molecule has 1 aliphatic heterocycles. The predicted molar refractivity (Wildman–Crippen MR) is 97.4 cm³/mol. The average Bonchev–Trinajstić information content (AvgIpc) is 2.96. The first kappa shape index (κ1) is 19.1. The molecule has 1 fully saturated rings. The van der Waals surface area contributed by atoms with Crippen LogP contribution in [0.15, 0.2) is 54.2 Å². The summed E-state index contributed by atoms with van der Waals surface area (Å²) in [6.07, 6.45) is 1.50. The molecule has 0 bridgehead atoms. The van der Waals surface area contributed by atoms with E-state index in [1.807, 2.05) is 0 Å². The fraction of sp³-hybridized carbons (Fsp3) is 0.150. The maximum atomic E-state index is 12.9. The zero-order valence-corrected chi connectivity index (χ0v) is 15.0. The van der Waals surface area contributed by atoms with Gasteiger partial charge in [0.15, 0.2) is 0 Å². The third-order valence-electron chi connectivity index (χ3n) is 3.99. The Morgan fingerprint density at radius 3 is 2.43 bits per heavy atom. The van der Waals surface area contributed by atoms with Gasteiger partial charge in [0.1, 0.15) is 30.4 Å². The Bertz CT molecular complexity index is 923. The highest BCUT2D eigenvalue weighted by Gasteiger charge is 2.35. The van der Waals surface area contributed by atoms with E-state index in [1.54, 1.807) is 36.4 Å². The molecule has 1 N–H and O–H groups in total. The molecular weight excluding hydrogens is 367 g/mol. The van der Waals surface area contributed by atoms with Crippen LogP contribution in [0.4, 0.5) is 9.18 Å². The smallest absolute Gasteiger partial charge is 0.329 e. The van der Waals surface area contributed by atoms with Gasteiger partial charge in [0.05, 0.1) is 7.11 Å². The van der Waals surface area contributed by atoms with Gasteiger partial charge in [-0.15, -0.1) is 0 Å². The van der Waals surface area contributed by atoms with E-state index in [2.05, 4.69) is 10.1 Å². The van der Waals surface area contributed by atoms with Crippen molar-refractivity contribution in [3.8, 4) is 5.75 Å². The van der Waals surface area contributed by atoms with Crippen LogP contribution in [0, 0.1) is 5.82 Å². The van der Waals surface area contributed by atoms with Gasteiger partial charge in [-0.1, -0.05) is 24.3 Å². The summed E-state index contributed by atoms with van der Waals surface area (Å²) in [6, 6.07) is 12.2. The summed E-state index contributed by atoms with van der Waals surface area (Å²) >= 11 is 0. The number of esters is 1. The Labute approximate surface area is 160 Å². The number of urea groups is 1. The molecule has 7 nitrogen and oxygen atoms in total. The molecule has 1 saturated heterocycles. The zero-order valence-electron chi connectivity index (χ0n) is 15.0. The lowest BCUT2D eigenvalue weighted by molar-refractivity contribution is -0.143. The largest absolute Gasteiger partial charge is 0.489 e. The monoisotopic (exact) mass is 384 g/mol. The SMILES string of the molecule is COC(=O)CN1C(=O)N/C(=C/c2ccc(OCc3ccc(F)cc3)cc2)C1=O. The van der Waals surface area contributed by atoms with Crippen LogP contribution >= 0.6 is 0 Å². The fourth-order valence-electron chi connectivity index (χ4n) is 2.48. The molecule has 0 spiro atoms. The van der Waals surface area contributed by atoms with Gasteiger partial charge in [0.2, 0.25) is 0 Å². The molecule has 3 amide bonds. The molecule has 1 heterocycles. The van der Waals surface area contributed by atoms with Crippen molar-refractivity contribution in [2.24, 2.45) is 0 Å². The highest BCUT2D eigenvalue weighted by atomic mass is 19.1. The molecule has 0 unspecified atom stereocenters. The number of benzene rings is 2. The zero-order chi connectivity index (χ0) is 20.1. The molecule has 8 heteroatoms. The third-order valence-corrected chi connectivity index (χ3v) is 3.99. The minimum Gasteiger partial charge on any atom is -0.489 e. The fourth-order valence-corrected chi connectivity index (χ4v) is 2.48. The van der Waals surface area contributed by atoms with Crippen LogP contribution in [0.2, 0.25) is 0 Å². The summed E-state index contributed by atoms with van der Waals surface area (Å²) in [7, 11) is 1.18. The van der Waals surface area contributed by atoms with Crippen LogP contribution in [-0.4, -0.2) is 36.5 Å². The summed E-state index contributed by atoms with van der Waals surface area (Å²) in [4.78, 5) is 36.1. The number of methoxy groups -OCH3 is 1. The van der Waals surface area contributed by atoms with E-state index in [1.165, 1.54) is 25.3 Å². The van der Waals surface area contributed by atoms with Crippen molar-refractivity contribution in [1.82, 2.24) is 10.2 Å². The minimum absolute atomic E-state index is 0.0638. The maximum absolute atomic E-state index is 12.9. The number of imide groups is 1. The van der Waals surface area contributed by atoms with Crippen LogP contribution in [0.5, 0.6) is 5.75 Å². The van der Waals surface area contributed by atoms with Crippen LogP contribution < -0.4 is 10.1 Å². The third kappa shape index (κ3) is 4.53. The molecule has 2 aromatic rings. The van der Waals surface area contributed by atoms with Gasteiger partial charge in [-0.25, -0.2) is 14.1 Å². The number of carbonyl (C=O) groups excluding carboxylic acids is 3. The standard InChI is InChI=1S/C20H17FN2O5/c1-27-18(24)11-23-19(25)17(22-20(23)26)10-13-4-8-16(9-5-13)28-12-14-2-6-15(21)7-3-14/h2-10H,11-12H2,1H3,(H,22,26)/b17-10+. The molecule has 0 saturated carbocycles. The molecule has 0 aliphatic carbocycles. The van der Waals surface area contributed by atoms with Crippen molar-refractivity contribution in [3.05, 3.63) is 71.2 Å². The Morgan fingerprint density at radius 1 is 1.11 bits per heavy atom. The molecular formula is C20H17FN2O5. The van der Waals surface area contributed by atoms with Crippen molar-refractivity contribution >= 4 is 24.0 Å². The Balaban J connectivity index is 1.63. The van der Waals surface area contributed by atoms with Gasteiger partial charge in [-0.3, -0.25) is 9.59 Å². The molecule has 144 valence electrons. The molecule has 0 radical (unpaired) electrons. The van der Waals surface area contributed by atoms with Gasteiger partial charge in [0, 0.05) is 0 Å². The molecule has 2 aromatic carbocycles. The topological polar surface area (TPSA) is 84.9 Å². The second-order valence-electron chi connectivity index (χ2n) is 5.94. The van der Waals surface area contributed by atoms with Gasteiger partial charge in [-0.2, -0.15) is 0 Å². The van der Waals surface area contributed by atoms with Gasteiger partial charge in [-0.05, 0) is 41.5 Å². The Kier molecular flexibility index (Phi) is 5.69. The summed E-state index contributed by atoms with van der Waals surface area (Å²) < 4.78 is 23.0. The second kappa shape index (κ2) is 8.34. The predicted octanol–water partition coefficient (Wildman–Crippen LogP) is 2.47. The normalized spacial score (nSPS) is 14.9. The van der Waals surface area contributed by atoms with E-state index in [-0.39, 0.29) is 18.1 Å². The number of nitrogens with one attached hydrogen (secondary N) is 1. The molecule has 0 atom stereocenters. The maximum Gasteiger partial charge on any atom is 0.329 e. The number of hydrogen-bond donors (Lipinski definition) is 1. The van der Waals surface area contributed by atoms with E-state index in [4.69, 9.17) is 4.74 Å². The lowest BCUT2D eigenvalue weighted by Crippen LogP contribution is -2.36. The number of nitrogens with zero attached hydrogens (tertiary/aromatic N) is 1. The molecule has 28 heavy (non-hydrogen) atoms. The van der Waals surface area contributed by atoms with Crippen LogP contribution in [0.1, 0.15) is 11.1 Å². The summed E-state index contributed by atoms with van der Waals surface area (Å²) in [5, 5.41) is 2.43. The van der Waals surface area contributed by atoms with E-state index < -0.39 is 24.5 Å². The lowest BCUT2D eigenvalue weighted by atomic mass is 10.2. The van der Waals surface area contributed by atoms with Gasteiger partial charge >= 0.3 is 12.0 Å².